The fraction of sp³-hybridized carbons (Fsp3) is 0.375. The Morgan fingerprint density at radius 1 is 0.929 bits per heavy atom. The number of amidine groups is 1. The van der Waals surface area contributed by atoms with Gasteiger partial charge in [0.15, 0.2) is 11.6 Å². The van der Waals surface area contributed by atoms with E-state index in [9.17, 15) is 0 Å². The highest BCUT2D eigenvalue weighted by Crippen LogP contribution is 2.16. The summed E-state index contributed by atoms with van der Waals surface area (Å²) in [5.74, 6) is 0.324. The highest BCUT2D eigenvalue weighted by atomic mass is 16.5. The Bertz CT molecular complexity index is 344. The summed E-state index contributed by atoms with van der Waals surface area (Å²) in [7, 11) is 4.23. The predicted molar refractivity (Wildman–Crippen MR) is 50.9 cm³/mol. The molecule has 0 fully saturated rings. The van der Waals surface area contributed by atoms with Crippen LogP contribution in [0.25, 0.3) is 0 Å². The van der Waals surface area contributed by atoms with Gasteiger partial charge in [-0.3, -0.25) is 10.8 Å². The van der Waals surface area contributed by atoms with Gasteiger partial charge in [0.1, 0.15) is 5.71 Å². The lowest BCUT2D eigenvalue weighted by Gasteiger charge is -2.18. The van der Waals surface area contributed by atoms with Crippen LogP contribution < -0.4 is 0 Å². The summed E-state index contributed by atoms with van der Waals surface area (Å²) in [6.07, 6.45) is 0. The third-order valence-electron chi connectivity index (χ3n) is 1.68. The van der Waals surface area contributed by atoms with Gasteiger partial charge in [0.2, 0.25) is 5.76 Å². The average Bonchev–Trinajstić information content (AvgIpc) is 2.20. The molecule has 14 heavy (non-hydrogen) atoms. The Morgan fingerprint density at radius 3 is 1.93 bits per heavy atom. The van der Waals surface area contributed by atoms with E-state index < -0.39 is 0 Å². The number of nitrogens with one attached hydrogen (secondary N) is 2. The maximum Gasteiger partial charge on any atom is 0.262 e. The van der Waals surface area contributed by atoms with E-state index in [1.807, 2.05) is 0 Å². The number of hydrogen-bond donors (Lipinski definition) is 2. The van der Waals surface area contributed by atoms with Gasteiger partial charge in [-0.25, -0.2) is 0 Å². The van der Waals surface area contributed by atoms with Crippen LogP contribution in [0.5, 0.6) is 0 Å². The summed E-state index contributed by atoms with van der Waals surface area (Å²) in [5, 5.41) is 14.9. The molecule has 0 unspecified atom stereocenters. The van der Waals surface area contributed by atoms with Crippen LogP contribution in [0.4, 0.5) is 0 Å². The highest BCUT2D eigenvalue weighted by molar-refractivity contribution is 6.48. The zero-order valence-electron chi connectivity index (χ0n) is 8.17. The van der Waals surface area contributed by atoms with Crippen LogP contribution in [0.1, 0.15) is 0 Å². The molecule has 0 atom stereocenters. The quantitative estimate of drug-likeness (QED) is 0.677. The molecule has 0 saturated heterocycles. The summed E-state index contributed by atoms with van der Waals surface area (Å²) < 4.78 is 14.8. The van der Waals surface area contributed by atoms with Crippen LogP contribution in [0.3, 0.4) is 0 Å². The van der Waals surface area contributed by atoms with Gasteiger partial charge in [-0.2, -0.15) is 4.99 Å². The van der Waals surface area contributed by atoms with Gasteiger partial charge in [0, 0.05) is 0 Å². The SMILES string of the molecule is COC1=NC(=N)C(=N)C(OC)=C1OC. The van der Waals surface area contributed by atoms with Gasteiger partial charge in [0.05, 0.1) is 21.3 Å². The van der Waals surface area contributed by atoms with Crippen molar-refractivity contribution < 1.29 is 14.2 Å². The standard InChI is InChI=1S/C8H11N3O3/c1-12-5-4(9)7(10)11-8(14-3)6(5)13-2/h9-10H,1-3H3. The van der Waals surface area contributed by atoms with Crippen molar-refractivity contribution >= 4 is 17.4 Å². The fourth-order valence-electron chi connectivity index (χ4n) is 1.04. The zero-order valence-corrected chi connectivity index (χ0v) is 8.17. The number of ether oxygens (including phenoxy) is 3. The molecule has 2 N–H and O–H groups in total. The smallest absolute Gasteiger partial charge is 0.262 e. The normalized spacial score (nSPS) is 16.6. The molecule has 1 heterocycles. The molecule has 0 radical (unpaired) electrons. The maximum absolute atomic E-state index is 7.50. The Hall–Kier alpha value is -1.85. The molecule has 0 bridgehead atoms. The van der Waals surface area contributed by atoms with Crippen molar-refractivity contribution in [2.75, 3.05) is 21.3 Å². The molecular formula is C8H11N3O3. The lowest BCUT2D eigenvalue weighted by atomic mass is 10.2. The van der Waals surface area contributed by atoms with E-state index in [0.717, 1.165) is 0 Å². The lowest BCUT2D eigenvalue weighted by molar-refractivity contribution is 0.237. The molecule has 0 aromatic carbocycles. The first kappa shape index (κ1) is 10.2. The van der Waals surface area contributed by atoms with Gasteiger partial charge in [-0.1, -0.05) is 0 Å². The number of aliphatic imine (C=N–C) groups is 1. The number of hydrogen-bond acceptors (Lipinski definition) is 5. The molecule has 6 nitrogen and oxygen atoms in total. The molecule has 0 amide bonds. The van der Waals surface area contributed by atoms with Gasteiger partial charge >= 0.3 is 0 Å². The third kappa shape index (κ3) is 1.46. The van der Waals surface area contributed by atoms with Crippen molar-refractivity contribution in [3.8, 4) is 0 Å². The van der Waals surface area contributed by atoms with Crippen LogP contribution in [-0.4, -0.2) is 38.8 Å². The number of rotatable bonds is 2. The molecule has 0 saturated carbocycles. The molecule has 1 aliphatic heterocycles. The Kier molecular flexibility index (Phi) is 2.85. The number of dihydropyridines is 1. The van der Waals surface area contributed by atoms with Crippen molar-refractivity contribution in [1.29, 1.82) is 10.8 Å². The first-order valence-electron chi connectivity index (χ1n) is 3.78. The summed E-state index contributed by atoms with van der Waals surface area (Å²) in [6, 6.07) is 0. The monoisotopic (exact) mass is 197 g/mol. The van der Waals surface area contributed by atoms with Crippen LogP contribution in [0.15, 0.2) is 16.5 Å². The van der Waals surface area contributed by atoms with Crippen molar-refractivity contribution in [1.82, 2.24) is 0 Å². The first-order chi connectivity index (χ1) is 6.65. The summed E-state index contributed by atoms with van der Waals surface area (Å²) in [6.45, 7) is 0. The van der Waals surface area contributed by atoms with E-state index >= 15 is 0 Å². The summed E-state index contributed by atoms with van der Waals surface area (Å²) in [4.78, 5) is 3.72. The number of nitrogens with zero attached hydrogens (tertiary/aromatic N) is 1. The molecule has 1 aliphatic rings. The Balaban J connectivity index is 3.24. The molecule has 0 aromatic rings. The van der Waals surface area contributed by atoms with E-state index in [4.69, 9.17) is 25.0 Å². The van der Waals surface area contributed by atoms with Crippen LogP contribution in [-0.2, 0) is 14.2 Å². The van der Waals surface area contributed by atoms with Gasteiger partial charge in [-0.15, -0.1) is 0 Å². The van der Waals surface area contributed by atoms with Crippen LogP contribution >= 0.6 is 0 Å². The van der Waals surface area contributed by atoms with Crippen LogP contribution in [0.2, 0.25) is 0 Å². The van der Waals surface area contributed by atoms with Crippen molar-refractivity contribution in [3.63, 3.8) is 0 Å². The van der Waals surface area contributed by atoms with Gasteiger partial charge in [-0.05, 0) is 0 Å². The highest BCUT2D eigenvalue weighted by Gasteiger charge is 2.28. The molecule has 0 aromatic heterocycles. The van der Waals surface area contributed by atoms with E-state index in [-0.39, 0.29) is 29.0 Å². The van der Waals surface area contributed by atoms with Crippen molar-refractivity contribution in [3.05, 3.63) is 11.5 Å². The topological polar surface area (TPSA) is 87.8 Å². The zero-order chi connectivity index (χ0) is 10.7. The fourth-order valence-corrected chi connectivity index (χ4v) is 1.04. The van der Waals surface area contributed by atoms with E-state index in [2.05, 4.69) is 4.99 Å². The maximum atomic E-state index is 7.50. The third-order valence-corrected chi connectivity index (χ3v) is 1.68. The minimum Gasteiger partial charge on any atom is -0.491 e. The second kappa shape index (κ2) is 3.91. The largest absolute Gasteiger partial charge is 0.491 e. The number of methoxy groups -OCH3 is 3. The molecule has 1 rings (SSSR count). The second-order valence-electron chi connectivity index (χ2n) is 2.41. The van der Waals surface area contributed by atoms with Crippen molar-refractivity contribution in [2.45, 2.75) is 0 Å². The minimum absolute atomic E-state index is 0.120. The van der Waals surface area contributed by atoms with Crippen LogP contribution in [0, 0.1) is 10.8 Å². The second-order valence-corrected chi connectivity index (χ2v) is 2.41. The lowest BCUT2D eigenvalue weighted by Crippen LogP contribution is -2.27. The molecule has 0 spiro atoms. The summed E-state index contributed by atoms with van der Waals surface area (Å²) in [5.41, 5.74) is -0.120. The molecule has 76 valence electrons. The van der Waals surface area contributed by atoms with E-state index in [1.165, 1.54) is 21.3 Å². The van der Waals surface area contributed by atoms with Gasteiger partial charge < -0.3 is 14.2 Å². The Labute approximate surface area is 81.2 Å². The predicted octanol–water partition coefficient (Wildman–Crippen LogP) is 0.546. The Morgan fingerprint density at radius 2 is 1.50 bits per heavy atom. The van der Waals surface area contributed by atoms with E-state index in [1.54, 1.807) is 0 Å². The van der Waals surface area contributed by atoms with Gasteiger partial charge in [0.25, 0.3) is 5.90 Å². The molecular weight excluding hydrogens is 186 g/mol. The average molecular weight is 197 g/mol. The van der Waals surface area contributed by atoms with E-state index in [0.29, 0.717) is 0 Å². The minimum atomic E-state index is -0.209. The van der Waals surface area contributed by atoms with Crippen molar-refractivity contribution in [2.24, 2.45) is 4.99 Å². The first-order valence-corrected chi connectivity index (χ1v) is 3.78. The molecule has 0 aliphatic carbocycles. The summed E-state index contributed by atoms with van der Waals surface area (Å²) >= 11 is 0. The molecule has 6 heteroatoms.